The van der Waals surface area contributed by atoms with Gasteiger partial charge in [-0.1, -0.05) is 6.92 Å². The van der Waals surface area contributed by atoms with Crippen LogP contribution >= 0.6 is 0 Å². The number of alkyl halides is 2. The van der Waals surface area contributed by atoms with E-state index in [0.717, 1.165) is 6.42 Å². The number of hydrogen-bond acceptors (Lipinski definition) is 2. The van der Waals surface area contributed by atoms with E-state index in [1.807, 2.05) is 13.8 Å². The highest BCUT2D eigenvalue weighted by Gasteiger charge is 2.22. The molecule has 0 aromatic carbocycles. The second kappa shape index (κ2) is 5.80. The Bertz CT molecular complexity index is 286. The van der Waals surface area contributed by atoms with Crippen LogP contribution < -0.4 is 5.32 Å². The SMILES string of the molecule is CCCNC(c1cnn(CC)c1)C(F)F. The first kappa shape index (κ1) is 12.1. The molecule has 1 unspecified atom stereocenters. The van der Waals surface area contributed by atoms with Crippen molar-refractivity contribution in [1.29, 1.82) is 0 Å². The third-order valence-corrected chi connectivity index (χ3v) is 2.20. The lowest BCUT2D eigenvalue weighted by Gasteiger charge is -2.15. The van der Waals surface area contributed by atoms with E-state index in [2.05, 4.69) is 10.4 Å². The van der Waals surface area contributed by atoms with Gasteiger partial charge in [0.25, 0.3) is 6.43 Å². The van der Waals surface area contributed by atoms with E-state index >= 15 is 0 Å². The number of halogens is 2. The van der Waals surface area contributed by atoms with Gasteiger partial charge in [-0.3, -0.25) is 4.68 Å². The zero-order valence-electron chi connectivity index (χ0n) is 9.08. The number of rotatable bonds is 6. The molecule has 15 heavy (non-hydrogen) atoms. The molecule has 0 aliphatic carbocycles. The van der Waals surface area contributed by atoms with Gasteiger partial charge in [-0.05, 0) is 19.9 Å². The van der Waals surface area contributed by atoms with Crippen molar-refractivity contribution in [2.24, 2.45) is 0 Å². The summed E-state index contributed by atoms with van der Waals surface area (Å²) >= 11 is 0. The zero-order chi connectivity index (χ0) is 11.3. The van der Waals surface area contributed by atoms with Crippen LogP contribution in [0.5, 0.6) is 0 Å². The Morgan fingerprint density at radius 3 is 2.67 bits per heavy atom. The van der Waals surface area contributed by atoms with E-state index < -0.39 is 12.5 Å². The summed E-state index contributed by atoms with van der Waals surface area (Å²) in [6.45, 7) is 5.16. The van der Waals surface area contributed by atoms with Crippen LogP contribution in [0.1, 0.15) is 31.9 Å². The van der Waals surface area contributed by atoms with E-state index in [-0.39, 0.29) is 0 Å². The molecular formula is C10H17F2N3. The summed E-state index contributed by atoms with van der Waals surface area (Å²) in [4.78, 5) is 0. The summed E-state index contributed by atoms with van der Waals surface area (Å²) in [5, 5.41) is 6.81. The lowest BCUT2D eigenvalue weighted by Crippen LogP contribution is -2.27. The van der Waals surface area contributed by atoms with Gasteiger partial charge in [0.15, 0.2) is 0 Å². The quantitative estimate of drug-likeness (QED) is 0.791. The molecule has 1 rings (SSSR count). The van der Waals surface area contributed by atoms with Crippen molar-refractivity contribution in [1.82, 2.24) is 15.1 Å². The molecule has 0 aliphatic rings. The predicted octanol–water partition coefficient (Wildman–Crippen LogP) is 2.21. The molecule has 0 amide bonds. The number of aryl methyl sites for hydroxylation is 1. The highest BCUT2D eigenvalue weighted by molar-refractivity contribution is 5.11. The Kier molecular flexibility index (Phi) is 4.68. The van der Waals surface area contributed by atoms with Crippen LogP contribution in [0, 0.1) is 0 Å². The molecule has 5 heteroatoms. The van der Waals surface area contributed by atoms with Gasteiger partial charge in [0.1, 0.15) is 0 Å². The number of nitrogens with one attached hydrogen (secondary N) is 1. The van der Waals surface area contributed by atoms with Gasteiger partial charge in [0.2, 0.25) is 0 Å². The van der Waals surface area contributed by atoms with Crippen molar-refractivity contribution in [2.45, 2.75) is 39.3 Å². The van der Waals surface area contributed by atoms with Gasteiger partial charge < -0.3 is 5.32 Å². The van der Waals surface area contributed by atoms with E-state index in [9.17, 15) is 8.78 Å². The van der Waals surface area contributed by atoms with Crippen LogP contribution in [0.25, 0.3) is 0 Å². The molecule has 1 heterocycles. The summed E-state index contributed by atoms with van der Waals surface area (Å²) in [5.74, 6) is 0. The zero-order valence-corrected chi connectivity index (χ0v) is 9.08. The molecule has 0 radical (unpaired) electrons. The Balaban J connectivity index is 2.70. The minimum atomic E-state index is -2.40. The van der Waals surface area contributed by atoms with Gasteiger partial charge in [-0.15, -0.1) is 0 Å². The predicted molar refractivity (Wildman–Crippen MR) is 54.9 cm³/mol. The molecule has 0 bridgehead atoms. The van der Waals surface area contributed by atoms with Crippen LogP contribution in [0.15, 0.2) is 12.4 Å². The maximum atomic E-state index is 12.7. The van der Waals surface area contributed by atoms with E-state index in [4.69, 9.17) is 0 Å². The van der Waals surface area contributed by atoms with Gasteiger partial charge in [0.05, 0.1) is 12.2 Å². The highest BCUT2D eigenvalue weighted by atomic mass is 19.3. The molecule has 0 saturated heterocycles. The van der Waals surface area contributed by atoms with Crippen molar-refractivity contribution >= 4 is 0 Å². The Hall–Kier alpha value is -0.970. The second-order valence-electron chi connectivity index (χ2n) is 3.40. The fourth-order valence-electron chi connectivity index (χ4n) is 1.37. The lowest BCUT2D eigenvalue weighted by molar-refractivity contribution is 0.0984. The first-order chi connectivity index (χ1) is 7.19. The van der Waals surface area contributed by atoms with Crippen molar-refractivity contribution in [3.05, 3.63) is 18.0 Å². The average Bonchev–Trinajstić information content (AvgIpc) is 2.66. The first-order valence-electron chi connectivity index (χ1n) is 5.22. The number of nitrogens with zero attached hydrogens (tertiary/aromatic N) is 2. The van der Waals surface area contributed by atoms with Crippen LogP contribution in [0.2, 0.25) is 0 Å². The van der Waals surface area contributed by atoms with Crippen LogP contribution in [-0.2, 0) is 6.54 Å². The van der Waals surface area contributed by atoms with E-state index in [0.29, 0.717) is 18.7 Å². The Labute approximate surface area is 88.5 Å². The molecular weight excluding hydrogens is 200 g/mol. The molecule has 0 aliphatic heterocycles. The summed E-state index contributed by atoms with van der Waals surface area (Å²) in [6, 6.07) is -0.898. The van der Waals surface area contributed by atoms with Gasteiger partial charge >= 0.3 is 0 Å². The van der Waals surface area contributed by atoms with E-state index in [1.165, 1.54) is 6.20 Å². The number of hydrogen-bond donors (Lipinski definition) is 1. The molecule has 1 atom stereocenters. The molecule has 3 nitrogen and oxygen atoms in total. The van der Waals surface area contributed by atoms with Crippen molar-refractivity contribution in [3.8, 4) is 0 Å². The third kappa shape index (κ3) is 3.27. The molecule has 1 N–H and O–H groups in total. The first-order valence-corrected chi connectivity index (χ1v) is 5.22. The highest BCUT2D eigenvalue weighted by Crippen LogP contribution is 2.19. The maximum absolute atomic E-state index is 12.7. The van der Waals surface area contributed by atoms with Crippen molar-refractivity contribution < 1.29 is 8.78 Å². The van der Waals surface area contributed by atoms with Crippen molar-refractivity contribution in [2.75, 3.05) is 6.54 Å². The summed E-state index contributed by atoms with van der Waals surface area (Å²) in [5.41, 5.74) is 0.556. The summed E-state index contributed by atoms with van der Waals surface area (Å²) in [7, 11) is 0. The normalized spacial score (nSPS) is 13.4. The van der Waals surface area contributed by atoms with E-state index in [1.54, 1.807) is 10.9 Å². The van der Waals surface area contributed by atoms with Gasteiger partial charge in [0, 0.05) is 18.3 Å². The lowest BCUT2D eigenvalue weighted by atomic mass is 10.1. The van der Waals surface area contributed by atoms with Crippen LogP contribution in [0.3, 0.4) is 0 Å². The Morgan fingerprint density at radius 2 is 2.20 bits per heavy atom. The molecule has 1 aromatic rings. The molecule has 0 fully saturated rings. The fraction of sp³-hybridized carbons (Fsp3) is 0.700. The van der Waals surface area contributed by atoms with Gasteiger partial charge in [-0.25, -0.2) is 8.78 Å². The maximum Gasteiger partial charge on any atom is 0.257 e. The molecule has 86 valence electrons. The minimum absolute atomic E-state index is 0.556. The van der Waals surface area contributed by atoms with Crippen LogP contribution in [-0.4, -0.2) is 22.8 Å². The number of aromatic nitrogens is 2. The van der Waals surface area contributed by atoms with Gasteiger partial charge in [-0.2, -0.15) is 5.10 Å². The standard InChI is InChI=1S/C10H17F2N3/c1-3-5-13-9(10(11)12)8-6-14-15(4-2)7-8/h6-7,9-10,13H,3-5H2,1-2H3. The largest absolute Gasteiger partial charge is 0.305 e. The smallest absolute Gasteiger partial charge is 0.257 e. The molecule has 0 spiro atoms. The Morgan fingerprint density at radius 1 is 1.47 bits per heavy atom. The third-order valence-electron chi connectivity index (χ3n) is 2.20. The fourth-order valence-corrected chi connectivity index (χ4v) is 1.37. The molecule has 0 saturated carbocycles. The summed E-state index contributed by atoms with van der Waals surface area (Å²) < 4.78 is 27.1. The topological polar surface area (TPSA) is 29.9 Å². The van der Waals surface area contributed by atoms with Crippen molar-refractivity contribution in [3.63, 3.8) is 0 Å². The minimum Gasteiger partial charge on any atom is -0.305 e. The second-order valence-corrected chi connectivity index (χ2v) is 3.40. The monoisotopic (exact) mass is 217 g/mol. The summed E-state index contributed by atoms with van der Waals surface area (Å²) in [6.07, 6.45) is 1.61. The molecule has 1 aromatic heterocycles. The van der Waals surface area contributed by atoms with Crippen LogP contribution in [0.4, 0.5) is 8.78 Å². The average molecular weight is 217 g/mol.